The largest absolute Gasteiger partial charge is 0.454 e. The van der Waals surface area contributed by atoms with Gasteiger partial charge in [0.1, 0.15) is 0 Å². The quantitative estimate of drug-likeness (QED) is 0.473. The Hall–Kier alpha value is -3.45. The van der Waals surface area contributed by atoms with Crippen LogP contribution in [0.15, 0.2) is 83.8 Å². The van der Waals surface area contributed by atoms with Gasteiger partial charge in [0, 0.05) is 11.3 Å². The van der Waals surface area contributed by atoms with Crippen LogP contribution < -0.4 is 4.72 Å². The van der Waals surface area contributed by atoms with Crippen LogP contribution in [0.3, 0.4) is 0 Å². The van der Waals surface area contributed by atoms with Crippen molar-refractivity contribution < 1.29 is 22.7 Å². The van der Waals surface area contributed by atoms with Crippen molar-refractivity contribution in [3.63, 3.8) is 0 Å². The molecule has 0 saturated heterocycles. The molecule has 0 spiro atoms. The molecule has 148 valence electrons. The summed E-state index contributed by atoms with van der Waals surface area (Å²) in [5.41, 5.74) is 2.06. The number of rotatable bonds is 7. The SMILES string of the molecule is Cc1ccc(NS(=O)(=O)c2ccc(C(=O)OCC(=O)c3ccccc3)cc2)cc1. The van der Waals surface area contributed by atoms with Gasteiger partial charge in [-0.2, -0.15) is 0 Å². The van der Waals surface area contributed by atoms with Gasteiger partial charge < -0.3 is 4.74 Å². The van der Waals surface area contributed by atoms with E-state index in [-0.39, 0.29) is 16.2 Å². The fraction of sp³-hybridized carbons (Fsp3) is 0.0909. The van der Waals surface area contributed by atoms with Gasteiger partial charge >= 0.3 is 5.97 Å². The molecule has 0 saturated carbocycles. The summed E-state index contributed by atoms with van der Waals surface area (Å²) in [5.74, 6) is -1.02. The molecule has 1 N–H and O–H groups in total. The molecular formula is C22H19NO5S. The fourth-order valence-electron chi connectivity index (χ4n) is 2.53. The third-order valence-corrected chi connectivity index (χ3v) is 5.53. The third kappa shape index (κ3) is 5.30. The Bertz CT molecular complexity index is 1110. The Balaban J connectivity index is 1.63. The summed E-state index contributed by atoms with van der Waals surface area (Å²) in [5, 5.41) is 0. The number of sulfonamides is 1. The van der Waals surface area contributed by atoms with Gasteiger partial charge in [0.2, 0.25) is 0 Å². The van der Waals surface area contributed by atoms with E-state index in [1.165, 1.54) is 24.3 Å². The second kappa shape index (κ2) is 8.70. The van der Waals surface area contributed by atoms with Crippen LogP contribution >= 0.6 is 0 Å². The zero-order chi connectivity index (χ0) is 20.9. The van der Waals surface area contributed by atoms with Crippen molar-refractivity contribution in [3.05, 3.63) is 95.6 Å². The zero-order valence-corrected chi connectivity index (χ0v) is 16.5. The zero-order valence-electron chi connectivity index (χ0n) is 15.7. The number of hydrogen-bond acceptors (Lipinski definition) is 5. The van der Waals surface area contributed by atoms with Crippen LogP contribution in [0.25, 0.3) is 0 Å². The van der Waals surface area contributed by atoms with Crippen LogP contribution in [-0.4, -0.2) is 26.8 Å². The van der Waals surface area contributed by atoms with E-state index in [1.807, 2.05) is 6.92 Å². The molecule has 0 atom stereocenters. The van der Waals surface area contributed by atoms with E-state index in [0.717, 1.165) is 5.56 Å². The van der Waals surface area contributed by atoms with Crippen LogP contribution in [0.4, 0.5) is 5.69 Å². The molecule has 3 rings (SSSR count). The molecule has 0 fully saturated rings. The van der Waals surface area contributed by atoms with Gasteiger partial charge in [0.25, 0.3) is 10.0 Å². The Kier molecular flexibility index (Phi) is 6.09. The van der Waals surface area contributed by atoms with E-state index in [0.29, 0.717) is 11.3 Å². The van der Waals surface area contributed by atoms with E-state index in [9.17, 15) is 18.0 Å². The molecule has 0 aliphatic heterocycles. The van der Waals surface area contributed by atoms with Gasteiger partial charge in [-0.3, -0.25) is 9.52 Å². The van der Waals surface area contributed by atoms with Crippen molar-refractivity contribution in [1.82, 2.24) is 0 Å². The maximum Gasteiger partial charge on any atom is 0.338 e. The average molecular weight is 409 g/mol. The molecule has 0 unspecified atom stereocenters. The topological polar surface area (TPSA) is 89.5 Å². The van der Waals surface area contributed by atoms with E-state index in [2.05, 4.69) is 4.72 Å². The summed E-state index contributed by atoms with van der Waals surface area (Å²) in [6.07, 6.45) is 0. The van der Waals surface area contributed by atoms with Gasteiger partial charge in [-0.05, 0) is 43.3 Å². The molecule has 3 aromatic rings. The van der Waals surface area contributed by atoms with Crippen molar-refractivity contribution in [2.45, 2.75) is 11.8 Å². The summed E-state index contributed by atoms with van der Waals surface area (Å²) in [6.45, 7) is 1.52. The fourth-order valence-corrected chi connectivity index (χ4v) is 3.59. The van der Waals surface area contributed by atoms with Gasteiger partial charge in [-0.1, -0.05) is 48.0 Å². The van der Waals surface area contributed by atoms with Crippen LogP contribution in [0, 0.1) is 6.92 Å². The summed E-state index contributed by atoms with van der Waals surface area (Å²) in [4.78, 5) is 24.1. The molecular weight excluding hydrogens is 390 g/mol. The van der Waals surface area contributed by atoms with Crippen LogP contribution in [0.2, 0.25) is 0 Å². The molecule has 0 radical (unpaired) electrons. The Morgan fingerprint density at radius 2 is 1.45 bits per heavy atom. The van der Waals surface area contributed by atoms with Crippen molar-refractivity contribution in [2.75, 3.05) is 11.3 Å². The first-order valence-corrected chi connectivity index (χ1v) is 10.3. The van der Waals surface area contributed by atoms with Crippen LogP contribution in [-0.2, 0) is 14.8 Å². The van der Waals surface area contributed by atoms with E-state index >= 15 is 0 Å². The van der Waals surface area contributed by atoms with Crippen LogP contribution in [0.1, 0.15) is 26.3 Å². The predicted octanol–water partition coefficient (Wildman–Crippen LogP) is 3.84. The van der Waals surface area contributed by atoms with Crippen LogP contribution in [0.5, 0.6) is 0 Å². The number of nitrogens with one attached hydrogen (secondary N) is 1. The summed E-state index contributed by atoms with van der Waals surface area (Å²) in [6, 6.07) is 20.7. The number of aryl methyl sites for hydroxylation is 1. The lowest BCUT2D eigenvalue weighted by Gasteiger charge is -2.09. The minimum atomic E-state index is -3.79. The molecule has 0 aliphatic carbocycles. The number of Topliss-reactive ketones (excluding diaryl/α,β-unsaturated/α-hetero) is 1. The third-order valence-electron chi connectivity index (χ3n) is 4.13. The first kappa shape index (κ1) is 20.3. The number of esters is 1. The summed E-state index contributed by atoms with van der Waals surface area (Å²) >= 11 is 0. The number of anilines is 1. The molecule has 0 amide bonds. The van der Waals surface area contributed by atoms with E-state index in [4.69, 9.17) is 4.74 Å². The first-order valence-electron chi connectivity index (χ1n) is 8.80. The highest BCUT2D eigenvalue weighted by Crippen LogP contribution is 2.17. The van der Waals surface area contributed by atoms with Gasteiger partial charge in [0.05, 0.1) is 10.5 Å². The smallest absolute Gasteiger partial charge is 0.338 e. The second-order valence-corrected chi connectivity index (χ2v) is 8.04. The normalized spacial score (nSPS) is 10.9. The highest BCUT2D eigenvalue weighted by atomic mass is 32.2. The number of carbonyl (C=O) groups is 2. The van der Waals surface area contributed by atoms with Crippen molar-refractivity contribution in [2.24, 2.45) is 0 Å². The second-order valence-electron chi connectivity index (χ2n) is 6.36. The number of benzene rings is 3. The number of carbonyl (C=O) groups excluding carboxylic acids is 2. The molecule has 3 aromatic carbocycles. The summed E-state index contributed by atoms with van der Waals surface area (Å²) < 4.78 is 32.4. The molecule has 6 nitrogen and oxygen atoms in total. The van der Waals surface area contributed by atoms with Gasteiger partial charge in [0.15, 0.2) is 12.4 Å². The molecule has 0 aliphatic rings. The van der Waals surface area contributed by atoms with Crippen molar-refractivity contribution >= 4 is 27.5 Å². The lowest BCUT2D eigenvalue weighted by Crippen LogP contribution is -2.15. The van der Waals surface area contributed by atoms with Gasteiger partial charge in [-0.15, -0.1) is 0 Å². The van der Waals surface area contributed by atoms with Crippen molar-refractivity contribution in [1.29, 1.82) is 0 Å². The molecule has 0 aromatic heterocycles. The van der Waals surface area contributed by atoms with Gasteiger partial charge in [-0.25, -0.2) is 13.2 Å². The standard InChI is InChI=1S/C22H19NO5S/c1-16-7-11-19(12-8-16)23-29(26,27)20-13-9-18(10-14-20)22(25)28-15-21(24)17-5-3-2-4-6-17/h2-14,23H,15H2,1H3. The van der Waals surface area contributed by atoms with Crippen molar-refractivity contribution in [3.8, 4) is 0 Å². The van der Waals surface area contributed by atoms with E-state index in [1.54, 1.807) is 54.6 Å². The minimum Gasteiger partial charge on any atom is -0.454 e. The molecule has 0 heterocycles. The maximum absolute atomic E-state index is 12.5. The lowest BCUT2D eigenvalue weighted by atomic mass is 10.1. The Morgan fingerprint density at radius 3 is 2.07 bits per heavy atom. The molecule has 0 bridgehead atoms. The first-order chi connectivity index (χ1) is 13.8. The monoisotopic (exact) mass is 409 g/mol. The minimum absolute atomic E-state index is 0.00925. The molecule has 29 heavy (non-hydrogen) atoms. The Labute approximate surface area is 169 Å². The maximum atomic E-state index is 12.5. The van der Waals surface area contributed by atoms with E-state index < -0.39 is 22.6 Å². The predicted molar refractivity (Wildman–Crippen MR) is 109 cm³/mol. The number of hydrogen-bond donors (Lipinski definition) is 1. The lowest BCUT2D eigenvalue weighted by molar-refractivity contribution is 0.0474. The number of ketones is 1. The average Bonchev–Trinajstić information content (AvgIpc) is 2.74. The Morgan fingerprint density at radius 1 is 0.828 bits per heavy atom. The number of ether oxygens (including phenoxy) is 1. The highest BCUT2D eigenvalue weighted by molar-refractivity contribution is 7.92. The highest BCUT2D eigenvalue weighted by Gasteiger charge is 2.16. The molecule has 7 heteroatoms. The summed E-state index contributed by atoms with van der Waals surface area (Å²) in [7, 11) is -3.79.